The van der Waals surface area contributed by atoms with E-state index in [1.165, 1.54) is 0 Å². The fourth-order valence-electron chi connectivity index (χ4n) is 4.04. The van der Waals surface area contributed by atoms with Crippen molar-refractivity contribution in [2.75, 3.05) is 41.0 Å². The molecule has 0 saturated carbocycles. The van der Waals surface area contributed by atoms with Crippen LogP contribution in [0.3, 0.4) is 0 Å². The predicted molar refractivity (Wildman–Crippen MR) is 132 cm³/mol. The summed E-state index contributed by atoms with van der Waals surface area (Å²) in [5.74, 6) is 2.29. The molecule has 0 unspecified atom stereocenters. The second-order valence-corrected chi connectivity index (χ2v) is 9.51. The lowest BCUT2D eigenvalue weighted by Crippen LogP contribution is -2.43. The molecule has 1 aliphatic rings. The topological polar surface area (TPSA) is 82.2 Å². The normalized spacial score (nSPS) is 14.6. The summed E-state index contributed by atoms with van der Waals surface area (Å²) in [5, 5.41) is 3.56. The van der Waals surface area contributed by atoms with E-state index >= 15 is 0 Å². The van der Waals surface area contributed by atoms with Gasteiger partial charge in [0, 0.05) is 31.4 Å². The first kappa shape index (κ1) is 25.6. The highest BCUT2D eigenvalue weighted by atomic mass is 16.6. The van der Waals surface area contributed by atoms with Crippen molar-refractivity contribution in [2.24, 2.45) is 5.92 Å². The molecule has 1 aliphatic heterocycles. The van der Waals surface area contributed by atoms with Crippen molar-refractivity contribution in [1.29, 1.82) is 0 Å². The van der Waals surface area contributed by atoms with Gasteiger partial charge in [0.1, 0.15) is 5.60 Å². The molecule has 0 radical (unpaired) electrons. The quantitative estimate of drug-likeness (QED) is 0.606. The van der Waals surface area contributed by atoms with E-state index in [0.29, 0.717) is 23.2 Å². The monoisotopic (exact) mass is 471 g/mol. The fourth-order valence-corrected chi connectivity index (χ4v) is 4.04. The van der Waals surface area contributed by atoms with Crippen molar-refractivity contribution in [1.82, 2.24) is 15.2 Å². The number of piperidine rings is 1. The molecule has 0 spiro atoms. The van der Waals surface area contributed by atoms with Crippen LogP contribution in [-0.2, 0) is 11.3 Å². The molecule has 2 aromatic rings. The summed E-state index contributed by atoms with van der Waals surface area (Å²) in [6.07, 6.45) is 3.54. The van der Waals surface area contributed by atoms with E-state index in [-0.39, 0.29) is 6.09 Å². The number of amides is 1. The van der Waals surface area contributed by atoms with E-state index in [2.05, 4.69) is 16.4 Å². The Morgan fingerprint density at radius 1 is 1.06 bits per heavy atom. The molecule has 8 nitrogen and oxygen atoms in total. The lowest BCUT2D eigenvalue weighted by Gasteiger charge is -2.33. The zero-order valence-electron chi connectivity index (χ0n) is 21.1. The number of pyridine rings is 1. The highest BCUT2D eigenvalue weighted by Gasteiger charge is 2.26. The van der Waals surface area contributed by atoms with Crippen molar-refractivity contribution in [3.05, 3.63) is 36.0 Å². The van der Waals surface area contributed by atoms with Gasteiger partial charge in [-0.3, -0.25) is 4.98 Å². The average Bonchev–Trinajstić information content (AvgIpc) is 2.82. The van der Waals surface area contributed by atoms with Crippen LogP contribution < -0.4 is 19.5 Å². The minimum absolute atomic E-state index is 0.213. The van der Waals surface area contributed by atoms with E-state index in [0.717, 1.165) is 55.8 Å². The first-order valence-corrected chi connectivity index (χ1v) is 11.7. The minimum atomic E-state index is -0.457. The number of hydrogen-bond donors (Lipinski definition) is 1. The van der Waals surface area contributed by atoms with Gasteiger partial charge >= 0.3 is 6.09 Å². The summed E-state index contributed by atoms with van der Waals surface area (Å²) >= 11 is 0. The van der Waals surface area contributed by atoms with Crippen LogP contribution in [0.2, 0.25) is 0 Å². The smallest absolute Gasteiger partial charge is 0.410 e. The van der Waals surface area contributed by atoms with Gasteiger partial charge in [-0.25, -0.2) is 4.79 Å². The van der Waals surface area contributed by atoms with Gasteiger partial charge in [-0.15, -0.1) is 0 Å². The number of nitrogens with one attached hydrogen (secondary N) is 1. The zero-order valence-corrected chi connectivity index (χ0v) is 21.1. The Bertz CT molecular complexity index is 940. The van der Waals surface area contributed by atoms with Gasteiger partial charge in [0.25, 0.3) is 0 Å². The highest BCUT2D eigenvalue weighted by molar-refractivity contribution is 5.69. The maximum Gasteiger partial charge on any atom is 0.410 e. The number of ether oxygens (including phenoxy) is 4. The lowest BCUT2D eigenvalue weighted by atomic mass is 9.97. The zero-order chi connectivity index (χ0) is 24.7. The molecule has 2 heterocycles. The van der Waals surface area contributed by atoms with Crippen LogP contribution in [0.5, 0.6) is 17.2 Å². The highest BCUT2D eigenvalue weighted by Crippen LogP contribution is 2.40. The molecule has 8 heteroatoms. The Balaban J connectivity index is 1.55. The van der Waals surface area contributed by atoms with Crippen LogP contribution >= 0.6 is 0 Å². The molecule has 1 N–H and O–H groups in total. The summed E-state index contributed by atoms with van der Waals surface area (Å²) in [7, 11) is 4.80. The summed E-state index contributed by atoms with van der Waals surface area (Å²) in [5.41, 5.74) is 2.42. The van der Waals surface area contributed by atoms with E-state index in [9.17, 15) is 4.79 Å². The SMILES string of the molecule is COc1cc(-c2cc(CNCC3CCN(C(=O)OC(C)(C)C)CC3)ccn2)cc(OC)c1OC. The Labute approximate surface area is 202 Å². The maximum absolute atomic E-state index is 12.2. The Morgan fingerprint density at radius 3 is 2.26 bits per heavy atom. The lowest BCUT2D eigenvalue weighted by molar-refractivity contribution is 0.0184. The number of benzene rings is 1. The molecule has 1 aromatic heterocycles. The van der Waals surface area contributed by atoms with Crippen LogP contribution in [0.25, 0.3) is 11.3 Å². The Kier molecular flexibility index (Phi) is 8.61. The van der Waals surface area contributed by atoms with Crippen LogP contribution in [0.15, 0.2) is 30.5 Å². The number of rotatable bonds is 8. The van der Waals surface area contributed by atoms with Crippen LogP contribution in [0.4, 0.5) is 4.79 Å². The fraction of sp³-hybridized carbons (Fsp3) is 0.538. The van der Waals surface area contributed by atoms with E-state index < -0.39 is 5.60 Å². The van der Waals surface area contributed by atoms with Crippen molar-refractivity contribution < 1.29 is 23.7 Å². The maximum atomic E-state index is 12.2. The molecule has 1 fully saturated rings. The molecule has 0 bridgehead atoms. The third-order valence-electron chi connectivity index (χ3n) is 5.81. The molecular formula is C26H37N3O5. The molecule has 0 atom stereocenters. The van der Waals surface area contributed by atoms with Gasteiger partial charge in [0.15, 0.2) is 11.5 Å². The number of carbonyl (C=O) groups excluding carboxylic acids is 1. The van der Waals surface area contributed by atoms with E-state index in [4.69, 9.17) is 18.9 Å². The van der Waals surface area contributed by atoms with Crippen molar-refractivity contribution >= 4 is 6.09 Å². The number of methoxy groups -OCH3 is 3. The van der Waals surface area contributed by atoms with Gasteiger partial charge in [-0.2, -0.15) is 0 Å². The Hall–Kier alpha value is -3.00. The van der Waals surface area contributed by atoms with Crippen LogP contribution in [-0.4, -0.2) is 62.5 Å². The van der Waals surface area contributed by atoms with Gasteiger partial charge in [0.2, 0.25) is 5.75 Å². The van der Waals surface area contributed by atoms with Crippen LogP contribution in [0, 0.1) is 5.92 Å². The number of likely N-dealkylation sites (tertiary alicyclic amines) is 1. The first-order chi connectivity index (χ1) is 16.2. The van der Waals surface area contributed by atoms with Gasteiger partial charge < -0.3 is 29.2 Å². The van der Waals surface area contributed by atoms with Crippen molar-refractivity contribution in [3.63, 3.8) is 0 Å². The number of nitrogens with zero attached hydrogens (tertiary/aromatic N) is 2. The van der Waals surface area contributed by atoms with E-state index in [1.807, 2.05) is 50.1 Å². The number of hydrogen-bond acceptors (Lipinski definition) is 7. The summed E-state index contributed by atoms with van der Waals surface area (Å²) in [4.78, 5) is 18.6. The first-order valence-electron chi connectivity index (χ1n) is 11.7. The molecule has 186 valence electrons. The summed E-state index contributed by atoms with van der Waals surface area (Å²) in [6, 6.07) is 7.89. The molecule has 0 aliphatic carbocycles. The average molecular weight is 472 g/mol. The predicted octanol–water partition coefficient (Wildman–Crippen LogP) is 4.51. The summed E-state index contributed by atoms with van der Waals surface area (Å²) < 4.78 is 21.8. The second kappa shape index (κ2) is 11.4. The molecule has 1 amide bonds. The second-order valence-electron chi connectivity index (χ2n) is 9.51. The van der Waals surface area contributed by atoms with Gasteiger partial charge in [-0.1, -0.05) is 0 Å². The third kappa shape index (κ3) is 6.76. The Morgan fingerprint density at radius 2 is 1.71 bits per heavy atom. The standard InChI is InChI=1S/C26H37N3O5/c1-26(2,3)34-25(30)29-11-8-18(9-12-29)16-27-17-19-7-10-28-21(13-19)20-14-22(31-4)24(33-6)23(15-20)32-5/h7,10,13-15,18,27H,8-9,11-12,16-17H2,1-6H3. The molecule has 1 saturated heterocycles. The largest absolute Gasteiger partial charge is 0.493 e. The molecule has 1 aromatic carbocycles. The van der Waals surface area contributed by atoms with Gasteiger partial charge in [-0.05, 0) is 75.9 Å². The minimum Gasteiger partial charge on any atom is -0.493 e. The number of carbonyl (C=O) groups is 1. The molecule has 34 heavy (non-hydrogen) atoms. The van der Waals surface area contributed by atoms with Crippen molar-refractivity contribution in [3.8, 4) is 28.5 Å². The van der Waals surface area contributed by atoms with Crippen LogP contribution in [0.1, 0.15) is 39.2 Å². The van der Waals surface area contributed by atoms with E-state index in [1.54, 1.807) is 21.3 Å². The molecular weight excluding hydrogens is 434 g/mol. The van der Waals surface area contributed by atoms with Crippen molar-refractivity contribution in [2.45, 2.75) is 45.8 Å². The third-order valence-corrected chi connectivity index (χ3v) is 5.81. The number of aromatic nitrogens is 1. The molecule has 3 rings (SSSR count). The summed E-state index contributed by atoms with van der Waals surface area (Å²) in [6.45, 7) is 8.81. The van der Waals surface area contributed by atoms with Gasteiger partial charge in [0.05, 0.1) is 27.0 Å².